The third-order valence-electron chi connectivity index (χ3n) is 6.52. The Morgan fingerprint density at radius 3 is 2.38 bits per heavy atom. The van der Waals surface area contributed by atoms with E-state index in [9.17, 15) is 19.2 Å². The molecule has 1 aromatic carbocycles. The van der Waals surface area contributed by atoms with Gasteiger partial charge in [0.15, 0.2) is 0 Å². The summed E-state index contributed by atoms with van der Waals surface area (Å²) in [5, 5.41) is 21.5. The van der Waals surface area contributed by atoms with Gasteiger partial charge >= 0.3 is 18.0 Å². The van der Waals surface area contributed by atoms with Crippen LogP contribution in [0.3, 0.4) is 0 Å². The van der Waals surface area contributed by atoms with Crippen molar-refractivity contribution in [2.75, 3.05) is 66.1 Å². The smallest absolute Gasteiger partial charge is 0.347 e. The highest BCUT2D eigenvalue weighted by Gasteiger charge is 2.36. The zero-order valence-electron chi connectivity index (χ0n) is 23.0. The van der Waals surface area contributed by atoms with Crippen LogP contribution in [0.4, 0.5) is 4.79 Å². The van der Waals surface area contributed by atoms with E-state index in [1.54, 1.807) is 0 Å². The van der Waals surface area contributed by atoms with Gasteiger partial charge in [-0.3, -0.25) is 9.69 Å². The van der Waals surface area contributed by atoms with Crippen molar-refractivity contribution in [1.82, 2.24) is 19.7 Å². The average molecular weight is 560 g/mol. The molecule has 0 saturated carbocycles. The molecule has 0 bridgehead atoms. The van der Waals surface area contributed by atoms with Gasteiger partial charge in [-0.25, -0.2) is 19.4 Å². The molecule has 13 heteroatoms. The molecule has 4 rings (SSSR count). The highest BCUT2D eigenvalue weighted by molar-refractivity contribution is 6.06. The first-order valence-electron chi connectivity index (χ1n) is 13.3. The standard InChI is InChI=1S/C23H33N5O4.C4H4O4/c1-3-31-18-6-7-21-19(16-18)20(8-15-32-21)24-28-17-22(29)27(23(28)30)10-5-4-9-26-13-11-25(2)12-14-26;5-3(6)1-2-4(7)8/h6-7,16H,3-5,8-15,17H2,1-2H3;1-2H,(H,5,6)(H,7,8)/b24-20+;2-1+. The Morgan fingerprint density at radius 2 is 1.73 bits per heavy atom. The minimum atomic E-state index is -1.26. The molecular weight excluding hydrogens is 522 g/mol. The molecule has 0 atom stereocenters. The van der Waals surface area contributed by atoms with Crippen molar-refractivity contribution in [2.24, 2.45) is 5.10 Å². The first-order chi connectivity index (χ1) is 19.2. The molecule has 40 heavy (non-hydrogen) atoms. The minimum absolute atomic E-state index is 0.0118. The molecule has 3 aliphatic heterocycles. The Bertz CT molecular complexity index is 1110. The zero-order valence-corrected chi connectivity index (χ0v) is 23.0. The molecule has 2 fully saturated rings. The molecule has 0 aromatic heterocycles. The van der Waals surface area contributed by atoms with Crippen LogP contribution >= 0.6 is 0 Å². The van der Waals surface area contributed by atoms with Gasteiger partial charge in [0.1, 0.15) is 18.0 Å². The molecule has 13 nitrogen and oxygen atoms in total. The van der Waals surface area contributed by atoms with Crippen molar-refractivity contribution in [2.45, 2.75) is 26.2 Å². The van der Waals surface area contributed by atoms with Crippen LogP contribution in [-0.2, 0) is 14.4 Å². The lowest BCUT2D eigenvalue weighted by Crippen LogP contribution is -2.44. The van der Waals surface area contributed by atoms with Crippen LogP contribution in [0.2, 0.25) is 0 Å². The second kappa shape index (κ2) is 15.0. The van der Waals surface area contributed by atoms with Gasteiger partial charge in [0.2, 0.25) is 0 Å². The highest BCUT2D eigenvalue weighted by atomic mass is 16.5. The van der Waals surface area contributed by atoms with E-state index in [0.717, 1.165) is 68.3 Å². The van der Waals surface area contributed by atoms with Crippen LogP contribution in [0.5, 0.6) is 11.5 Å². The fourth-order valence-corrected chi connectivity index (χ4v) is 4.40. The Kier molecular flexibility index (Phi) is 11.5. The van der Waals surface area contributed by atoms with Gasteiger partial charge in [0.05, 0.1) is 18.9 Å². The van der Waals surface area contributed by atoms with Crippen LogP contribution in [-0.4, -0.2) is 126 Å². The Labute approximate surface area is 233 Å². The normalized spacial score (nSPS) is 18.9. The maximum absolute atomic E-state index is 12.9. The predicted octanol–water partition coefficient (Wildman–Crippen LogP) is 1.58. The lowest BCUT2D eigenvalue weighted by molar-refractivity contribution is -0.134. The van der Waals surface area contributed by atoms with E-state index in [2.05, 4.69) is 21.9 Å². The average Bonchev–Trinajstić information content (AvgIpc) is 3.19. The van der Waals surface area contributed by atoms with Gasteiger partial charge in [-0.2, -0.15) is 5.10 Å². The number of hydrogen-bond acceptors (Lipinski definition) is 9. The molecule has 3 aliphatic rings. The van der Waals surface area contributed by atoms with E-state index in [1.807, 2.05) is 25.1 Å². The maximum Gasteiger partial charge on any atom is 0.347 e. The van der Waals surface area contributed by atoms with E-state index in [-0.39, 0.29) is 18.5 Å². The van der Waals surface area contributed by atoms with Crippen molar-refractivity contribution in [3.8, 4) is 11.5 Å². The fraction of sp³-hybridized carbons (Fsp3) is 0.519. The molecule has 0 spiro atoms. The Hall–Kier alpha value is -3.97. The molecule has 1 aromatic rings. The zero-order chi connectivity index (χ0) is 29.1. The van der Waals surface area contributed by atoms with Crippen LogP contribution < -0.4 is 9.47 Å². The first kappa shape index (κ1) is 30.6. The number of unbranched alkanes of at least 4 members (excludes halogenated alkanes) is 1. The minimum Gasteiger partial charge on any atom is -0.494 e. The van der Waals surface area contributed by atoms with Crippen molar-refractivity contribution in [1.29, 1.82) is 0 Å². The Balaban J connectivity index is 0.000000482. The number of likely N-dealkylation sites (N-methyl/N-ethyl adjacent to an activating group) is 1. The highest BCUT2D eigenvalue weighted by Crippen LogP contribution is 2.30. The number of rotatable bonds is 10. The monoisotopic (exact) mass is 559 g/mol. The first-order valence-corrected chi connectivity index (χ1v) is 13.3. The maximum atomic E-state index is 12.9. The van der Waals surface area contributed by atoms with Crippen LogP contribution in [0.25, 0.3) is 0 Å². The lowest BCUT2D eigenvalue weighted by Gasteiger charge is -2.32. The summed E-state index contributed by atoms with van der Waals surface area (Å²) in [4.78, 5) is 50.6. The molecule has 218 valence electrons. The van der Waals surface area contributed by atoms with Crippen molar-refractivity contribution >= 4 is 29.6 Å². The SMILES string of the molecule is CCOc1ccc2c(c1)/C(=N/N1CC(=O)N(CCCCN3CCN(C)CC3)C1=O)CCO2.O=C(O)/C=C/C(=O)O. The van der Waals surface area contributed by atoms with E-state index in [1.165, 1.54) is 9.91 Å². The molecular formula is C27H37N5O8. The van der Waals surface area contributed by atoms with Gasteiger partial charge in [-0.1, -0.05) is 0 Å². The van der Waals surface area contributed by atoms with Crippen molar-refractivity contribution in [3.05, 3.63) is 35.9 Å². The lowest BCUT2D eigenvalue weighted by atomic mass is 10.0. The molecule has 2 N–H and O–H groups in total. The number of carboxylic acids is 2. The van der Waals surface area contributed by atoms with Crippen molar-refractivity contribution in [3.63, 3.8) is 0 Å². The summed E-state index contributed by atoms with van der Waals surface area (Å²) in [6, 6.07) is 5.27. The summed E-state index contributed by atoms with van der Waals surface area (Å²) in [6.07, 6.45) is 3.47. The molecule has 0 unspecified atom stereocenters. The van der Waals surface area contributed by atoms with E-state index >= 15 is 0 Å². The summed E-state index contributed by atoms with van der Waals surface area (Å²) in [7, 11) is 2.15. The van der Waals surface area contributed by atoms with E-state index in [4.69, 9.17) is 19.7 Å². The number of amides is 3. The van der Waals surface area contributed by atoms with E-state index in [0.29, 0.717) is 38.3 Å². The molecule has 0 radical (unpaired) electrons. The number of carbonyl (C=O) groups is 4. The van der Waals surface area contributed by atoms with Crippen molar-refractivity contribution < 1.29 is 38.9 Å². The van der Waals surface area contributed by atoms with Crippen LogP contribution in [0.1, 0.15) is 31.7 Å². The fourth-order valence-electron chi connectivity index (χ4n) is 4.40. The van der Waals surface area contributed by atoms with Crippen LogP contribution in [0, 0.1) is 0 Å². The molecule has 3 heterocycles. The summed E-state index contributed by atoms with van der Waals surface area (Å²) in [5.41, 5.74) is 1.55. The number of imide groups is 1. The molecule has 0 aliphatic carbocycles. The number of carboxylic acid groups (broad SMARTS) is 2. The number of nitrogens with zero attached hydrogens (tertiary/aromatic N) is 5. The summed E-state index contributed by atoms with van der Waals surface area (Å²) < 4.78 is 11.3. The molecule has 2 saturated heterocycles. The van der Waals surface area contributed by atoms with Gasteiger partial charge < -0.3 is 29.5 Å². The second-order valence-electron chi connectivity index (χ2n) is 9.48. The largest absolute Gasteiger partial charge is 0.494 e. The number of aliphatic carboxylic acids is 2. The number of ether oxygens (including phenoxy) is 2. The third kappa shape index (κ3) is 9.06. The number of fused-ring (bicyclic) bond motifs is 1. The Morgan fingerprint density at radius 1 is 1.05 bits per heavy atom. The number of hydrazone groups is 1. The number of urea groups is 1. The molecule has 3 amide bonds. The summed E-state index contributed by atoms with van der Waals surface area (Å²) in [5.74, 6) is -1.25. The topological polar surface area (TPSA) is 153 Å². The number of benzene rings is 1. The van der Waals surface area contributed by atoms with Gasteiger partial charge in [0.25, 0.3) is 5.91 Å². The summed E-state index contributed by atoms with van der Waals surface area (Å²) >= 11 is 0. The third-order valence-corrected chi connectivity index (χ3v) is 6.52. The van der Waals surface area contributed by atoms with Gasteiger partial charge in [0, 0.05) is 56.9 Å². The second-order valence-corrected chi connectivity index (χ2v) is 9.48. The van der Waals surface area contributed by atoms with Gasteiger partial charge in [-0.15, -0.1) is 0 Å². The van der Waals surface area contributed by atoms with Crippen LogP contribution in [0.15, 0.2) is 35.5 Å². The van der Waals surface area contributed by atoms with Gasteiger partial charge in [-0.05, 0) is 51.6 Å². The van der Waals surface area contributed by atoms with E-state index < -0.39 is 11.9 Å². The number of carbonyl (C=O) groups excluding carboxylic acids is 2. The number of piperazine rings is 1. The predicted molar refractivity (Wildman–Crippen MR) is 146 cm³/mol. The summed E-state index contributed by atoms with van der Waals surface area (Å²) in [6.45, 7) is 8.79. The quantitative estimate of drug-likeness (QED) is 0.245. The number of hydrogen-bond donors (Lipinski definition) is 2.